The van der Waals surface area contributed by atoms with Crippen LogP contribution in [0.15, 0.2) is 4.79 Å². The second-order valence-corrected chi connectivity index (χ2v) is 4.64. The number of nitrogens with zero attached hydrogens (tertiary/aromatic N) is 1. The predicted molar refractivity (Wildman–Crippen MR) is 67.5 cm³/mol. The molecule has 3 N–H and O–H groups in total. The number of carbonyl (C=O) groups excluding carboxylic acids is 1. The summed E-state index contributed by atoms with van der Waals surface area (Å²) in [5.41, 5.74) is 0.694. The Labute approximate surface area is 105 Å². The molecule has 100 valence electrons. The lowest BCUT2D eigenvalue weighted by atomic mass is 10.0. The minimum Gasteiger partial charge on any atom is -0.394 e. The highest BCUT2D eigenvalue weighted by atomic mass is 16.3. The maximum atomic E-state index is 12.0. The topological polar surface area (TPSA) is 95.1 Å². The molecule has 1 unspecified atom stereocenters. The summed E-state index contributed by atoms with van der Waals surface area (Å²) < 4.78 is 0. The number of aliphatic hydroxyl groups excluding tert-OH is 1. The zero-order valence-electron chi connectivity index (χ0n) is 11.1. The summed E-state index contributed by atoms with van der Waals surface area (Å²) in [6.45, 7) is 7.00. The first-order valence-electron chi connectivity index (χ1n) is 5.86. The highest BCUT2D eigenvalue weighted by Gasteiger charge is 2.20. The van der Waals surface area contributed by atoms with Crippen LogP contribution in [0.4, 0.5) is 0 Å². The fourth-order valence-corrected chi connectivity index (χ4v) is 1.56. The van der Waals surface area contributed by atoms with Crippen LogP contribution in [0.1, 0.15) is 35.5 Å². The molecule has 6 nitrogen and oxygen atoms in total. The van der Waals surface area contributed by atoms with Gasteiger partial charge in [-0.15, -0.1) is 0 Å². The number of H-pyrrole nitrogens is 1. The minimum absolute atomic E-state index is 0.0570. The lowest BCUT2D eigenvalue weighted by molar-refractivity contribution is 0.0894. The lowest BCUT2D eigenvalue weighted by Crippen LogP contribution is -2.43. The zero-order chi connectivity index (χ0) is 13.9. The van der Waals surface area contributed by atoms with E-state index < -0.39 is 11.5 Å². The van der Waals surface area contributed by atoms with Crippen molar-refractivity contribution in [2.45, 2.75) is 33.7 Å². The van der Waals surface area contributed by atoms with Crippen molar-refractivity contribution in [1.29, 1.82) is 0 Å². The van der Waals surface area contributed by atoms with Gasteiger partial charge in [0.15, 0.2) is 0 Å². The fourth-order valence-electron chi connectivity index (χ4n) is 1.56. The van der Waals surface area contributed by atoms with E-state index in [-0.39, 0.29) is 24.1 Å². The number of carbonyl (C=O) groups is 1. The normalized spacial score (nSPS) is 12.6. The van der Waals surface area contributed by atoms with Gasteiger partial charge in [-0.05, 0) is 25.3 Å². The number of aromatic amines is 1. The molecule has 6 heteroatoms. The van der Waals surface area contributed by atoms with E-state index in [1.807, 2.05) is 13.8 Å². The Morgan fingerprint density at radius 2 is 2.06 bits per heavy atom. The molecule has 0 aliphatic carbocycles. The van der Waals surface area contributed by atoms with Gasteiger partial charge in [0.25, 0.3) is 11.5 Å². The van der Waals surface area contributed by atoms with Crippen LogP contribution in [0, 0.1) is 19.8 Å². The first-order chi connectivity index (χ1) is 8.38. The number of aliphatic hydroxyl groups is 1. The van der Waals surface area contributed by atoms with E-state index in [1.165, 1.54) is 0 Å². The number of rotatable bonds is 4. The van der Waals surface area contributed by atoms with Crippen LogP contribution in [0.25, 0.3) is 0 Å². The van der Waals surface area contributed by atoms with Crippen LogP contribution in [-0.2, 0) is 0 Å². The third-order valence-electron chi connectivity index (χ3n) is 3.01. The Kier molecular flexibility index (Phi) is 4.61. The number of amides is 1. The first kappa shape index (κ1) is 14.4. The molecular weight excluding hydrogens is 234 g/mol. The fraction of sp³-hybridized carbons (Fsp3) is 0.583. The molecule has 0 fully saturated rings. The van der Waals surface area contributed by atoms with Crippen molar-refractivity contribution in [1.82, 2.24) is 15.5 Å². The standard InChI is InChI=1S/C12H19N3O3/c1-6(2)9(5-16)13-11(17)10-7(3)8(4)14-15-12(10)18/h6,9,16H,5H2,1-4H3,(H,13,17)(H,15,18). The zero-order valence-corrected chi connectivity index (χ0v) is 11.1. The van der Waals surface area contributed by atoms with Gasteiger partial charge in [-0.1, -0.05) is 13.8 Å². The molecule has 1 aromatic heterocycles. The minimum atomic E-state index is -0.518. The average Bonchev–Trinajstić information content (AvgIpc) is 2.31. The van der Waals surface area contributed by atoms with Crippen molar-refractivity contribution in [3.63, 3.8) is 0 Å². The number of hydrogen-bond donors (Lipinski definition) is 3. The molecule has 0 spiro atoms. The SMILES string of the molecule is Cc1n[nH]c(=O)c(C(=O)NC(CO)C(C)C)c1C. The van der Waals surface area contributed by atoms with E-state index >= 15 is 0 Å². The van der Waals surface area contributed by atoms with Crippen molar-refractivity contribution >= 4 is 5.91 Å². The number of nitrogens with one attached hydrogen (secondary N) is 2. The summed E-state index contributed by atoms with van der Waals surface area (Å²) in [5, 5.41) is 17.9. The third kappa shape index (κ3) is 2.95. The number of aryl methyl sites for hydroxylation is 1. The summed E-state index contributed by atoms with van der Waals surface area (Å²) in [5.74, 6) is -0.395. The van der Waals surface area contributed by atoms with Crippen LogP contribution in [0.5, 0.6) is 0 Å². The highest BCUT2D eigenvalue weighted by molar-refractivity contribution is 5.95. The van der Waals surface area contributed by atoms with Crippen molar-refractivity contribution in [2.24, 2.45) is 5.92 Å². The Morgan fingerprint density at radius 3 is 2.56 bits per heavy atom. The molecule has 1 aromatic rings. The van der Waals surface area contributed by atoms with Gasteiger partial charge in [-0.25, -0.2) is 5.10 Å². The highest BCUT2D eigenvalue weighted by Crippen LogP contribution is 2.07. The average molecular weight is 253 g/mol. The van der Waals surface area contributed by atoms with Crippen molar-refractivity contribution in [3.05, 3.63) is 27.2 Å². The molecule has 1 heterocycles. The van der Waals surface area contributed by atoms with Crippen molar-refractivity contribution in [2.75, 3.05) is 6.61 Å². The van der Waals surface area contributed by atoms with E-state index in [4.69, 9.17) is 0 Å². The summed E-state index contributed by atoms with van der Waals surface area (Å²) in [7, 11) is 0. The molecule has 0 saturated heterocycles. The van der Waals surface area contributed by atoms with E-state index in [2.05, 4.69) is 15.5 Å². The Morgan fingerprint density at radius 1 is 1.44 bits per heavy atom. The molecule has 0 bridgehead atoms. The lowest BCUT2D eigenvalue weighted by Gasteiger charge is -2.20. The molecule has 0 aromatic carbocycles. The smallest absolute Gasteiger partial charge is 0.277 e. The van der Waals surface area contributed by atoms with Crippen LogP contribution in [0.2, 0.25) is 0 Å². The van der Waals surface area contributed by atoms with Gasteiger partial charge >= 0.3 is 0 Å². The molecular formula is C12H19N3O3. The van der Waals surface area contributed by atoms with E-state index in [9.17, 15) is 14.7 Å². The first-order valence-corrected chi connectivity index (χ1v) is 5.86. The molecule has 1 rings (SSSR count). The second kappa shape index (κ2) is 5.77. The van der Waals surface area contributed by atoms with Gasteiger partial charge in [0, 0.05) is 0 Å². The van der Waals surface area contributed by atoms with Crippen molar-refractivity contribution in [3.8, 4) is 0 Å². The van der Waals surface area contributed by atoms with Crippen LogP contribution in [0.3, 0.4) is 0 Å². The van der Waals surface area contributed by atoms with Gasteiger partial charge in [0.2, 0.25) is 0 Å². The summed E-state index contributed by atoms with van der Waals surface area (Å²) in [6, 6.07) is -0.371. The molecule has 1 atom stereocenters. The molecule has 0 saturated carbocycles. The third-order valence-corrected chi connectivity index (χ3v) is 3.01. The maximum Gasteiger partial charge on any atom is 0.277 e. The molecule has 0 radical (unpaired) electrons. The molecule has 18 heavy (non-hydrogen) atoms. The van der Waals surface area contributed by atoms with Gasteiger partial charge in [-0.3, -0.25) is 9.59 Å². The predicted octanol–water partition coefficient (Wildman–Crippen LogP) is 0.133. The van der Waals surface area contributed by atoms with Crippen molar-refractivity contribution < 1.29 is 9.90 Å². The largest absolute Gasteiger partial charge is 0.394 e. The summed E-state index contributed by atoms with van der Waals surface area (Å²) in [6.07, 6.45) is 0. The summed E-state index contributed by atoms with van der Waals surface area (Å²) >= 11 is 0. The van der Waals surface area contributed by atoms with Gasteiger partial charge < -0.3 is 10.4 Å². The van der Waals surface area contributed by atoms with Gasteiger partial charge in [-0.2, -0.15) is 5.10 Å². The number of aromatic nitrogens is 2. The summed E-state index contributed by atoms with van der Waals surface area (Å²) in [4.78, 5) is 23.7. The van der Waals surface area contributed by atoms with Gasteiger partial charge in [0.05, 0.1) is 18.3 Å². The monoisotopic (exact) mass is 253 g/mol. The molecule has 0 aliphatic rings. The molecule has 1 amide bonds. The number of hydrogen-bond acceptors (Lipinski definition) is 4. The molecule has 0 aliphatic heterocycles. The Bertz CT molecular complexity index is 494. The Hall–Kier alpha value is -1.69. The van der Waals surface area contributed by atoms with Crippen LogP contribution >= 0.6 is 0 Å². The second-order valence-electron chi connectivity index (χ2n) is 4.64. The van der Waals surface area contributed by atoms with Crippen LogP contribution < -0.4 is 10.9 Å². The Balaban J connectivity index is 3.05. The quantitative estimate of drug-likeness (QED) is 0.711. The van der Waals surface area contributed by atoms with E-state index in [0.717, 1.165) is 0 Å². The van der Waals surface area contributed by atoms with Gasteiger partial charge in [0.1, 0.15) is 5.56 Å². The maximum absolute atomic E-state index is 12.0. The van der Waals surface area contributed by atoms with E-state index in [1.54, 1.807) is 13.8 Å². The van der Waals surface area contributed by atoms with E-state index in [0.29, 0.717) is 11.3 Å². The van der Waals surface area contributed by atoms with Crippen LogP contribution in [-0.4, -0.2) is 33.9 Å².